The van der Waals surface area contributed by atoms with Crippen LogP contribution in [0.25, 0.3) is 0 Å². The van der Waals surface area contributed by atoms with Crippen LogP contribution in [0.15, 0.2) is 24.3 Å². The van der Waals surface area contributed by atoms with Crippen LogP contribution < -0.4 is 4.74 Å². The Morgan fingerprint density at radius 1 is 1.44 bits per heavy atom. The Balaban J connectivity index is 2.94. The van der Waals surface area contributed by atoms with E-state index in [0.717, 1.165) is 11.8 Å². The Labute approximate surface area is 95.8 Å². The van der Waals surface area contributed by atoms with Crippen LogP contribution in [0.3, 0.4) is 0 Å². The van der Waals surface area contributed by atoms with Crippen LogP contribution in [0.2, 0.25) is 0 Å². The summed E-state index contributed by atoms with van der Waals surface area (Å²) in [6.07, 6.45) is 1.16. The zero-order valence-electron chi connectivity index (χ0n) is 9.38. The van der Waals surface area contributed by atoms with E-state index in [1.807, 2.05) is 0 Å². The van der Waals surface area contributed by atoms with E-state index in [1.54, 1.807) is 31.4 Å². The summed E-state index contributed by atoms with van der Waals surface area (Å²) in [6.45, 7) is -0.194. The van der Waals surface area contributed by atoms with Crippen LogP contribution in [0.5, 0.6) is 5.75 Å². The highest BCUT2D eigenvalue weighted by Crippen LogP contribution is 2.21. The monoisotopic (exact) mass is 244 g/mol. The first kappa shape index (κ1) is 13.0. The second-order valence-electron chi connectivity index (χ2n) is 3.75. The quantitative estimate of drug-likeness (QED) is 0.832. The van der Waals surface area contributed by atoms with Crippen molar-refractivity contribution in [1.82, 2.24) is 0 Å². The van der Waals surface area contributed by atoms with Crippen LogP contribution in [0, 0.1) is 0 Å². The number of aliphatic hydroxyl groups is 1. The molecule has 5 heteroatoms. The zero-order valence-corrected chi connectivity index (χ0v) is 10.2. The Bertz CT molecular complexity index is 439. The summed E-state index contributed by atoms with van der Waals surface area (Å²) >= 11 is 0. The lowest BCUT2D eigenvalue weighted by molar-refractivity contribution is 0.273. The number of benzene rings is 1. The maximum Gasteiger partial charge on any atom is 0.148 e. The summed E-state index contributed by atoms with van der Waals surface area (Å²) in [5.41, 5.74) is 0.771. The summed E-state index contributed by atoms with van der Waals surface area (Å²) in [6, 6.07) is 7.08. The van der Waals surface area contributed by atoms with Crippen LogP contribution in [0.1, 0.15) is 11.5 Å². The largest absolute Gasteiger partial charge is 0.497 e. The normalized spacial score (nSPS) is 13.4. The smallest absolute Gasteiger partial charge is 0.148 e. The number of rotatable bonds is 5. The van der Waals surface area contributed by atoms with Crippen molar-refractivity contribution in [2.75, 3.05) is 25.7 Å². The highest BCUT2D eigenvalue weighted by atomic mass is 32.2. The first-order valence-electron chi connectivity index (χ1n) is 4.89. The molecule has 1 rings (SSSR count). The number of hydrogen-bond donors (Lipinski definition) is 1. The van der Waals surface area contributed by atoms with Gasteiger partial charge in [-0.25, -0.2) is 8.42 Å². The number of hydrogen-bond acceptors (Lipinski definition) is 4. The molecule has 1 N–H and O–H groups in total. The molecule has 0 amide bonds. The van der Waals surface area contributed by atoms with Gasteiger partial charge in [0.05, 0.1) is 19.5 Å². The highest BCUT2D eigenvalue weighted by Gasteiger charge is 2.16. The van der Waals surface area contributed by atoms with Gasteiger partial charge in [0.15, 0.2) is 0 Å². The molecule has 1 unspecified atom stereocenters. The van der Waals surface area contributed by atoms with Crippen molar-refractivity contribution in [3.8, 4) is 5.75 Å². The molecule has 0 aromatic heterocycles. The zero-order chi connectivity index (χ0) is 12.2. The lowest BCUT2D eigenvalue weighted by Crippen LogP contribution is -2.16. The molecule has 90 valence electrons. The molecule has 16 heavy (non-hydrogen) atoms. The first-order valence-corrected chi connectivity index (χ1v) is 6.95. The molecule has 0 saturated heterocycles. The molecular formula is C11H16O4S. The predicted octanol–water partition coefficient (Wildman–Crippen LogP) is 0.816. The van der Waals surface area contributed by atoms with Crippen molar-refractivity contribution in [1.29, 1.82) is 0 Å². The number of methoxy groups -OCH3 is 1. The molecule has 0 spiro atoms. The minimum absolute atomic E-state index is 0.0589. The van der Waals surface area contributed by atoms with Gasteiger partial charge >= 0.3 is 0 Å². The molecule has 1 aromatic rings. The lowest BCUT2D eigenvalue weighted by atomic mass is 10.0. The summed E-state index contributed by atoms with van der Waals surface area (Å²) in [4.78, 5) is 0. The van der Waals surface area contributed by atoms with E-state index in [-0.39, 0.29) is 12.4 Å². The maximum atomic E-state index is 11.2. The maximum absolute atomic E-state index is 11.2. The highest BCUT2D eigenvalue weighted by molar-refractivity contribution is 7.90. The molecule has 0 aliphatic heterocycles. The molecule has 0 aliphatic carbocycles. The summed E-state index contributed by atoms with van der Waals surface area (Å²) in [5, 5.41) is 9.20. The van der Waals surface area contributed by atoms with Gasteiger partial charge in [0.25, 0.3) is 0 Å². The van der Waals surface area contributed by atoms with Crippen LogP contribution in [-0.4, -0.2) is 39.2 Å². The first-order chi connectivity index (χ1) is 7.46. The van der Waals surface area contributed by atoms with Gasteiger partial charge in [-0.15, -0.1) is 0 Å². The third-order valence-electron chi connectivity index (χ3n) is 2.29. The van der Waals surface area contributed by atoms with Crippen molar-refractivity contribution in [2.24, 2.45) is 0 Å². The van der Waals surface area contributed by atoms with Crippen molar-refractivity contribution in [3.05, 3.63) is 29.8 Å². The fourth-order valence-corrected chi connectivity index (χ4v) is 2.54. The summed E-state index contributed by atoms with van der Waals surface area (Å²) in [5.74, 6) is 0.200. The number of sulfone groups is 1. The SMILES string of the molecule is COc1cccc(C(CO)CS(C)(=O)=O)c1. The van der Waals surface area contributed by atoms with E-state index >= 15 is 0 Å². The van der Waals surface area contributed by atoms with Gasteiger partial charge in [-0.3, -0.25) is 0 Å². The average Bonchev–Trinajstić information content (AvgIpc) is 2.25. The minimum Gasteiger partial charge on any atom is -0.497 e. The van der Waals surface area contributed by atoms with E-state index < -0.39 is 15.8 Å². The number of aliphatic hydroxyl groups excluding tert-OH is 1. The molecule has 0 aliphatic rings. The van der Waals surface area contributed by atoms with E-state index in [4.69, 9.17) is 4.74 Å². The van der Waals surface area contributed by atoms with E-state index in [2.05, 4.69) is 0 Å². The van der Waals surface area contributed by atoms with E-state index in [1.165, 1.54) is 0 Å². The average molecular weight is 244 g/mol. The van der Waals surface area contributed by atoms with Crippen molar-refractivity contribution >= 4 is 9.84 Å². The van der Waals surface area contributed by atoms with Crippen molar-refractivity contribution in [3.63, 3.8) is 0 Å². The van der Waals surface area contributed by atoms with Crippen LogP contribution in [0.4, 0.5) is 0 Å². The Kier molecular flexibility index (Phi) is 4.32. The molecule has 1 atom stereocenters. The Morgan fingerprint density at radius 2 is 2.12 bits per heavy atom. The molecule has 0 saturated carbocycles. The number of ether oxygens (including phenoxy) is 1. The van der Waals surface area contributed by atoms with Gasteiger partial charge in [0, 0.05) is 12.2 Å². The topological polar surface area (TPSA) is 63.6 Å². The van der Waals surface area contributed by atoms with Gasteiger partial charge in [-0.1, -0.05) is 12.1 Å². The second-order valence-corrected chi connectivity index (χ2v) is 5.93. The fraction of sp³-hybridized carbons (Fsp3) is 0.455. The van der Waals surface area contributed by atoms with Crippen molar-refractivity contribution in [2.45, 2.75) is 5.92 Å². The van der Waals surface area contributed by atoms with Gasteiger partial charge in [-0.2, -0.15) is 0 Å². The minimum atomic E-state index is -3.10. The second kappa shape index (κ2) is 5.32. The molecule has 1 aromatic carbocycles. The third-order valence-corrected chi connectivity index (χ3v) is 3.30. The third kappa shape index (κ3) is 3.83. The standard InChI is InChI=1S/C11H16O4S/c1-15-11-5-3-4-9(6-11)10(7-12)8-16(2,13)14/h3-6,10,12H,7-8H2,1-2H3. The molecular weight excluding hydrogens is 228 g/mol. The summed E-state index contributed by atoms with van der Waals surface area (Å²) < 4.78 is 27.4. The lowest BCUT2D eigenvalue weighted by Gasteiger charge is -2.14. The molecule has 0 bridgehead atoms. The van der Waals surface area contributed by atoms with Gasteiger partial charge in [0.1, 0.15) is 15.6 Å². The van der Waals surface area contributed by atoms with E-state index in [9.17, 15) is 13.5 Å². The Morgan fingerprint density at radius 3 is 2.62 bits per heavy atom. The van der Waals surface area contributed by atoms with Gasteiger partial charge in [0.2, 0.25) is 0 Å². The molecule has 0 heterocycles. The van der Waals surface area contributed by atoms with Crippen molar-refractivity contribution < 1.29 is 18.3 Å². The van der Waals surface area contributed by atoms with Gasteiger partial charge in [-0.05, 0) is 17.7 Å². The Hall–Kier alpha value is -1.07. The van der Waals surface area contributed by atoms with E-state index in [0.29, 0.717) is 5.75 Å². The van der Waals surface area contributed by atoms with Crippen LogP contribution >= 0.6 is 0 Å². The summed E-state index contributed by atoms with van der Waals surface area (Å²) in [7, 11) is -1.56. The van der Waals surface area contributed by atoms with Gasteiger partial charge < -0.3 is 9.84 Å². The molecule has 0 radical (unpaired) electrons. The predicted molar refractivity (Wildman–Crippen MR) is 62.5 cm³/mol. The molecule has 0 fully saturated rings. The fourth-order valence-electron chi connectivity index (χ4n) is 1.52. The van der Waals surface area contributed by atoms with Crippen LogP contribution in [-0.2, 0) is 9.84 Å². The molecule has 4 nitrogen and oxygen atoms in total.